The van der Waals surface area contributed by atoms with Crippen LogP contribution >= 0.6 is 15.6 Å². The van der Waals surface area contributed by atoms with E-state index in [0.29, 0.717) is 11.1 Å². The predicted molar refractivity (Wildman–Crippen MR) is 187 cm³/mol. The van der Waals surface area contributed by atoms with Crippen LogP contribution < -0.4 is 11.3 Å². The average Bonchev–Trinajstić information content (AvgIpc) is 3.93. The highest BCUT2D eigenvalue weighted by Crippen LogP contribution is 2.61. The topological polar surface area (TPSA) is 362 Å². The van der Waals surface area contributed by atoms with E-state index in [-0.39, 0.29) is 22.8 Å². The quantitative estimate of drug-likeness (QED) is 0.0639. The smallest absolute Gasteiger partial charge is 0.388 e. The van der Waals surface area contributed by atoms with E-state index in [1.165, 1.54) is 6.20 Å². The Bertz CT molecular complexity index is 2440. The Morgan fingerprint density at radius 2 is 1.53 bits per heavy atom. The predicted octanol–water partition coefficient (Wildman–Crippen LogP) is -2.06. The van der Waals surface area contributed by atoms with E-state index in [1.807, 2.05) is 24.3 Å². The van der Waals surface area contributed by atoms with Gasteiger partial charge in [0.05, 0.1) is 25.7 Å². The molecule has 0 amide bonds. The first kappa shape index (κ1) is 39.5. The van der Waals surface area contributed by atoms with Gasteiger partial charge in [0.2, 0.25) is 5.95 Å². The zero-order chi connectivity index (χ0) is 40.6. The van der Waals surface area contributed by atoms with Crippen molar-refractivity contribution in [1.29, 1.82) is 0 Å². The van der Waals surface area contributed by atoms with Gasteiger partial charge < -0.3 is 55.6 Å². The molecule has 2 saturated heterocycles. The lowest BCUT2D eigenvalue weighted by Crippen LogP contribution is -2.58. The summed E-state index contributed by atoms with van der Waals surface area (Å²) < 4.78 is 52.8. The fourth-order valence-electron chi connectivity index (χ4n) is 7.08. The maximum atomic E-state index is 12.9. The number of nitrogens with zero attached hydrogens (tertiary/aromatic N) is 6. The molecule has 11 atom stereocenters. The van der Waals surface area contributed by atoms with Crippen LogP contribution in [-0.4, -0.2) is 131 Å². The number of phosphoric acid groups is 2. The van der Waals surface area contributed by atoms with Crippen LogP contribution in [0.1, 0.15) is 23.0 Å². The van der Waals surface area contributed by atoms with Crippen LogP contribution in [0, 0.1) is 0 Å². The first-order valence-electron chi connectivity index (χ1n) is 16.9. The van der Waals surface area contributed by atoms with Gasteiger partial charge in [-0.3, -0.25) is 23.4 Å². The number of aromatic nitrogens is 7. The highest BCUT2D eigenvalue weighted by molar-refractivity contribution is 7.61. The highest BCUT2D eigenvalue weighted by atomic mass is 31.3. The van der Waals surface area contributed by atoms with Crippen molar-refractivity contribution in [3.8, 4) is 11.1 Å². The molecule has 5 aromatic rings. The summed E-state index contributed by atoms with van der Waals surface area (Å²) in [7, 11) is -11.3. The van der Waals surface area contributed by atoms with Crippen molar-refractivity contribution >= 4 is 32.8 Å². The van der Waals surface area contributed by atoms with Crippen LogP contribution in [0.5, 0.6) is 0 Å². The molecule has 2 aliphatic heterocycles. The maximum absolute atomic E-state index is 12.9. The standard InChI is InChI=1S/C31H34N8O16P2/c32-30-34-26-20(27(45)35-30)33-12-39(26)28-24(43)22(41)18(52-28)11-51-56(47,48)55-57(49,50)54-29-25(44)23(42)21(40)17(53-29)9-38-10-19(36-37-38)31(46)15-7-3-1-5-13(15)14-6-2-4-8-16(14)31/h1-8,10,12,17-18,21-25,28-29,40-44,46H,9,11H2,(H,47,48)(H,49,50)(H3,32,34,35,45)/t17-,18+,21+,22+,23+,24+,25-,28+,29+/m0/s1. The fraction of sp³-hybridized carbons (Fsp3) is 0.387. The van der Waals surface area contributed by atoms with E-state index in [2.05, 4.69) is 29.6 Å². The van der Waals surface area contributed by atoms with Crippen LogP contribution in [0.3, 0.4) is 0 Å². The number of ether oxygens (including phenoxy) is 2. The molecule has 26 heteroatoms. The number of nitrogens with one attached hydrogen (secondary N) is 1. The van der Waals surface area contributed by atoms with Crippen LogP contribution in [0.2, 0.25) is 0 Å². The van der Waals surface area contributed by atoms with E-state index >= 15 is 0 Å². The van der Waals surface area contributed by atoms with Gasteiger partial charge in [-0.05, 0) is 11.1 Å². The van der Waals surface area contributed by atoms with Gasteiger partial charge in [0, 0.05) is 11.1 Å². The molecule has 3 aliphatic rings. The van der Waals surface area contributed by atoms with Crippen molar-refractivity contribution in [1.82, 2.24) is 34.5 Å². The van der Waals surface area contributed by atoms with E-state index in [9.17, 15) is 54.4 Å². The number of nitrogen functional groups attached to an aromatic ring is 1. The number of fused-ring (bicyclic) bond motifs is 4. The molecule has 11 N–H and O–H groups in total. The number of aliphatic hydroxyl groups excluding tert-OH is 5. The Morgan fingerprint density at radius 3 is 2.21 bits per heavy atom. The van der Waals surface area contributed by atoms with E-state index in [1.54, 1.807) is 24.3 Å². The SMILES string of the molecule is Nc1nc2c(ncn2[C@@H]2O[C@H](COP(=O)(O)OP(=O)(O)O[C@H]3O[C@@H](Cn4cc(C5(O)c6ccccc6-c6ccccc65)nn4)[C@@H](O)[C@@H](O)[C@@H]3O)[C@@H](O)[C@H]2O)c(=O)[nH]1. The summed E-state index contributed by atoms with van der Waals surface area (Å²) in [6, 6.07) is 14.3. The van der Waals surface area contributed by atoms with Crippen LogP contribution in [-0.2, 0) is 44.1 Å². The normalized spacial score (nSPS) is 30.1. The number of benzene rings is 2. The minimum Gasteiger partial charge on any atom is -0.388 e. The molecule has 1 aliphatic carbocycles. The minimum atomic E-state index is -5.74. The number of imidazole rings is 1. The molecule has 57 heavy (non-hydrogen) atoms. The molecule has 5 heterocycles. The molecule has 3 aromatic heterocycles. The van der Waals surface area contributed by atoms with Gasteiger partial charge in [0.15, 0.2) is 29.3 Å². The first-order valence-corrected chi connectivity index (χ1v) is 19.9. The Kier molecular flexibility index (Phi) is 10.0. The van der Waals surface area contributed by atoms with Crippen molar-refractivity contribution in [2.24, 2.45) is 0 Å². The first-order chi connectivity index (χ1) is 27.0. The second kappa shape index (κ2) is 14.5. The molecule has 2 unspecified atom stereocenters. The van der Waals surface area contributed by atoms with Crippen LogP contribution in [0.25, 0.3) is 22.3 Å². The molecule has 304 valence electrons. The lowest BCUT2D eigenvalue weighted by atomic mass is 9.88. The van der Waals surface area contributed by atoms with E-state index in [4.69, 9.17) is 24.3 Å². The summed E-state index contributed by atoms with van der Waals surface area (Å²) in [5.41, 5.74) is 5.62. The third kappa shape index (κ3) is 7.03. The second-order valence-corrected chi connectivity index (χ2v) is 16.4. The monoisotopic (exact) mass is 836 g/mol. The molecular formula is C31H34N8O16P2. The number of phosphoric ester groups is 2. The van der Waals surface area contributed by atoms with Gasteiger partial charge in [0.25, 0.3) is 5.56 Å². The molecule has 0 spiro atoms. The van der Waals surface area contributed by atoms with Crippen molar-refractivity contribution in [3.63, 3.8) is 0 Å². The molecule has 8 rings (SSSR count). The summed E-state index contributed by atoms with van der Waals surface area (Å²) in [6.07, 6.45) is -14.0. The molecule has 0 radical (unpaired) electrons. The largest absolute Gasteiger partial charge is 0.483 e. The Hall–Kier alpha value is -4.33. The lowest BCUT2D eigenvalue weighted by Gasteiger charge is -2.40. The zero-order valence-corrected chi connectivity index (χ0v) is 30.7. The maximum Gasteiger partial charge on any atom is 0.483 e. The van der Waals surface area contributed by atoms with Crippen molar-refractivity contribution in [2.45, 2.75) is 67.4 Å². The Morgan fingerprint density at radius 1 is 0.877 bits per heavy atom. The number of H-pyrrole nitrogens is 1. The number of anilines is 1. The van der Waals surface area contributed by atoms with Gasteiger partial charge in [-0.2, -0.15) is 9.29 Å². The summed E-state index contributed by atoms with van der Waals surface area (Å²) in [6.45, 7) is -1.44. The second-order valence-electron chi connectivity index (χ2n) is 13.4. The number of nitrogens with two attached hydrogens (primary N) is 1. The Balaban J connectivity index is 0.916. The van der Waals surface area contributed by atoms with Gasteiger partial charge in [-0.1, -0.05) is 53.7 Å². The number of hydrogen-bond donors (Lipinski definition) is 10. The average molecular weight is 837 g/mol. The van der Waals surface area contributed by atoms with Gasteiger partial charge >= 0.3 is 15.6 Å². The van der Waals surface area contributed by atoms with Gasteiger partial charge in [-0.25, -0.2) is 18.8 Å². The third-order valence-electron chi connectivity index (χ3n) is 9.78. The highest BCUT2D eigenvalue weighted by Gasteiger charge is 2.51. The molecule has 24 nitrogen and oxygen atoms in total. The molecule has 2 aromatic carbocycles. The molecule has 0 saturated carbocycles. The zero-order valence-electron chi connectivity index (χ0n) is 28.9. The Labute approximate surface area is 318 Å². The third-order valence-corrected chi connectivity index (χ3v) is 12.4. The van der Waals surface area contributed by atoms with Crippen molar-refractivity contribution < 1.29 is 72.4 Å². The van der Waals surface area contributed by atoms with Crippen LogP contribution in [0.15, 0.2) is 65.8 Å². The molecule has 2 fully saturated rings. The molecular weight excluding hydrogens is 802 g/mol. The fourth-order valence-corrected chi connectivity index (χ4v) is 9.24. The van der Waals surface area contributed by atoms with Gasteiger partial charge in [0.1, 0.15) is 48.4 Å². The van der Waals surface area contributed by atoms with E-state index < -0.39 is 95.2 Å². The van der Waals surface area contributed by atoms with Gasteiger partial charge in [-0.15, -0.1) is 5.10 Å². The lowest BCUT2D eigenvalue weighted by molar-refractivity contribution is -0.278. The summed E-state index contributed by atoms with van der Waals surface area (Å²) in [4.78, 5) is 42.9. The minimum absolute atomic E-state index is 0.0973. The number of aromatic amines is 1. The van der Waals surface area contributed by atoms with Crippen LogP contribution in [0.4, 0.5) is 5.95 Å². The summed E-state index contributed by atoms with van der Waals surface area (Å²) >= 11 is 0. The number of aliphatic hydroxyl groups is 6. The van der Waals surface area contributed by atoms with Crippen molar-refractivity contribution in [3.05, 3.63) is 88.2 Å². The molecule has 0 bridgehead atoms. The van der Waals surface area contributed by atoms with Crippen molar-refractivity contribution in [2.75, 3.05) is 12.3 Å². The number of rotatable bonds is 11. The number of hydrogen-bond acceptors (Lipinski definition) is 19. The van der Waals surface area contributed by atoms with E-state index in [0.717, 1.165) is 26.7 Å². The summed E-state index contributed by atoms with van der Waals surface area (Å²) in [5.74, 6) is -0.286. The summed E-state index contributed by atoms with van der Waals surface area (Å²) in [5, 5.41) is 73.2.